The fraction of sp³-hybridized carbons (Fsp3) is 0.176. The highest BCUT2D eigenvalue weighted by Gasteiger charge is 2.45. The highest BCUT2D eigenvalue weighted by molar-refractivity contribution is 6.42. The topological polar surface area (TPSA) is 57.8 Å². The normalized spacial score (nSPS) is 19.7. The van der Waals surface area contributed by atoms with Gasteiger partial charge in [-0.2, -0.15) is 0 Å². The Bertz CT molecular complexity index is 873. The second kappa shape index (κ2) is 5.55. The van der Waals surface area contributed by atoms with Gasteiger partial charge in [-0.3, -0.25) is 10.1 Å². The van der Waals surface area contributed by atoms with Crippen LogP contribution in [0.3, 0.4) is 0 Å². The van der Waals surface area contributed by atoms with E-state index in [-0.39, 0.29) is 17.7 Å². The van der Waals surface area contributed by atoms with E-state index >= 15 is 0 Å². The Morgan fingerprint density at radius 1 is 1.17 bits per heavy atom. The molecule has 2 unspecified atom stereocenters. The van der Waals surface area contributed by atoms with Gasteiger partial charge < -0.3 is 4.98 Å². The van der Waals surface area contributed by atoms with Crippen LogP contribution in [0.1, 0.15) is 17.9 Å². The van der Waals surface area contributed by atoms with Crippen molar-refractivity contribution in [3.8, 4) is 0 Å². The average Bonchev–Trinajstić information content (AvgIpc) is 3.23. The molecule has 0 bridgehead atoms. The fourth-order valence-corrected chi connectivity index (χ4v) is 3.30. The summed E-state index contributed by atoms with van der Waals surface area (Å²) in [5.41, 5.74) is 2.66. The Balaban J connectivity index is 1.49. The van der Waals surface area contributed by atoms with Crippen molar-refractivity contribution in [3.63, 3.8) is 0 Å². The smallest absolute Gasteiger partial charge is 0.230 e. The Morgan fingerprint density at radius 3 is 2.83 bits per heavy atom. The number of fused-ring (bicyclic) bond motifs is 1. The van der Waals surface area contributed by atoms with Crippen LogP contribution < -0.4 is 5.32 Å². The van der Waals surface area contributed by atoms with Gasteiger partial charge in [0.15, 0.2) is 0 Å². The van der Waals surface area contributed by atoms with Crippen LogP contribution in [0, 0.1) is 5.92 Å². The summed E-state index contributed by atoms with van der Waals surface area (Å²) in [7, 11) is 0. The molecule has 0 spiro atoms. The third-order valence-corrected chi connectivity index (χ3v) is 4.97. The van der Waals surface area contributed by atoms with Crippen LogP contribution in [0.25, 0.3) is 11.0 Å². The number of carbonyl (C=O) groups is 1. The molecule has 2 aromatic carbocycles. The van der Waals surface area contributed by atoms with Gasteiger partial charge in [-0.15, -0.1) is 0 Å². The Kier molecular flexibility index (Phi) is 3.51. The van der Waals surface area contributed by atoms with Crippen LogP contribution in [0.4, 0.5) is 5.95 Å². The molecule has 0 radical (unpaired) electrons. The number of hydrogen-bond donors (Lipinski definition) is 2. The van der Waals surface area contributed by atoms with Crippen molar-refractivity contribution in [2.24, 2.45) is 5.92 Å². The summed E-state index contributed by atoms with van der Waals surface area (Å²) < 4.78 is 0. The number of aromatic nitrogens is 2. The zero-order chi connectivity index (χ0) is 16.0. The van der Waals surface area contributed by atoms with Crippen LogP contribution in [0.2, 0.25) is 10.0 Å². The van der Waals surface area contributed by atoms with E-state index in [1.54, 1.807) is 6.07 Å². The van der Waals surface area contributed by atoms with Crippen molar-refractivity contribution >= 4 is 46.1 Å². The van der Waals surface area contributed by atoms with Gasteiger partial charge in [-0.25, -0.2) is 4.98 Å². The van der Waals surface area contributed by atoms with Gasteiger partial charge in [0.2, 0.25) is 11.9 Å². The van der Waals surface area contributed by atoms with Crippen molar-refractivity contribution < 1.29 is 4.79 Å². The molecule has 116 valence electrons. The van der Waals surface area contributed by atoms with Gasteiger partial charge in [0.25, 0.3) is 0 Å². The summed E-state index contributed by atoms with van der Waals surface area (Å²) in [6.07, 6.45) is 0.770. The quantitative estimate of drug-likeness (QED) is 0.727. The molecular weight excluding hydrogens is 333 g/mol. The SMILES string of the molecule is O=C(Nc1nc2ccccc2[nH]1)C1CC1c1cccc(Cl)c1Cl. The molecule has 3 aromatic rings. The lowest BCUT2D eigenvalue weighted by Gasteiger charge is -2.05. The van der Waals surface area contributed by atoms with Crippen molar-refractivity contribution in [1.82, 2.24) is 9.97 Å². The van der Waals surface area contributed by atoms with Crippen LogP contribution in [0.5, 0.6) is 0 Å². The molecule has 0 saturated heterocycles. The lowest BCUT2D eigenvalue weighted by atomic mass is 10.1. The van der Waals surface area contributed by atoms with E-state index in [0.29, 0.717) is 16.0 Å². The second-order valence-electron chi connectivity index (χ2n) is 5.68. The van der Waals surface area contributed by atoms with Gasteiger partial charge in [-0.05, 0) is 36.1 Å². The molecular formula is C17H13Cl2N3O. The van der Waals surface area contributed by atoms with Gasteiger partial charge in [0, 0.05) is 5.92 Å². The predicted octanol–water partition coefficient (Wildman–Crippen LogP) is 4.61. The summed E-state index contributed by atoms with van der Waals surface area (Å²) in [5, 5.41) is 3.91. The lowest BCUT2D eigenvalue weighted by Crippen LogP contribution is -2.15. The maximum atomic E-state index is 12.4. The highest BCUT2D eigenvalue weighted by Crippen LogP contribution is 2.51. The number of rotatable bonds is 3. The van der Waals surface area contributed by atoms with Crippen molar-refractivity contribution in [2.75, 3.05) is 5.32 Å². The number of aromatic amines is 1. The van der Waals surface area contributed by atoms with Gasteiger partial charge in [0.05, 0.1) is 21.1 Å². The summed E-state index contributed by atoms with van der Waals surface area (Å²) in [6, 6.07) is 13.2. The number of nitrogens with zero attached hydrogens (tertiary/aromatic N) is 1. The molecule has 1 aromatic heterocycles. The van der Waals surface area contributed by atoms with Crippen molar-refractivity contribution in [1.29, 1.82) is 0 Å². The van der Waals surface area contributed by atoms with Crippen LogP contribution in [0.15, 0.2) is 42.5 Å². The second-order valence-corrected chi connectivity index (χ2v) is 6.47. The number of carbonyl (C=O) groups excluding carboxylic acids is 1. The first-order valence-electron chi connectivity index (χ1n) is 7.33. The molecule has 1 fully saturated rings. The van der Waals surface area contributed by atoms with E-state index in [2.05, 4.69) is 15.3 Å². The minimum absolute atomic E-state index is 0.0508. The number of nitrogens with one attached hydrogen (secondary N) is 2. The molecule has 2 N–H and O–H groups in total. The predicted molar refractivity (Wildman–Crippen MR) is 92.0 cm³/mol. The summed E-state index contributed by atoms with van der Waals surface area (Å²) >= 11 is 12.3. The van der Waals surface area contributed by atoms with E-state index in [4.69, 9.17) is 23.2 Å². The largest absolute Gasteiger partial charge is 0.324 e. The highest BCUT2D eigenvalue weighted by atomic mass is 35.5. The van der Waals surface area contributed by atoms with Crippen molar-refractivity contribution in [3.05, 3.63) is 58.1 Å². The third-order valence-electron chi connectivity index (χ3n) is 4.14. The minimum Gasteiger partial charge on any atom is -0.324 e. The molecule has 2 atom stereocenters. The molecule has 1 heterocycles. The van der Waals surface area contributed by atoms with Crippen LogP contribution in [-0.4, -0.2) is 15.9 Å². The van der Waals surface area contributed by atoms with Gasteiger partial charge in [0.1, 0.15) is 0 Å². The van der Waals surface area contributed by atoms with E-state index in [1.165, 1.54) is 0 Å². The Labute approximate surface area is 142 Å². The van der Waals surface area contributed by atoms with Crippen LogP contribution in [-0.2, 0) is 4.79 Å². The molecule has 1 saturated carbocycles. The number of benzene rings is 2. The van der Waals surface area contributed by atoms with Crippen LogP contribution >= 0.6 is 23.2 Å². The first kappa shape index (κ1) is 14.5. The lowest BCUT2D eigenvalue weighted by molar-refractivity contribution is -0.117. The molecule has 4 nitrogen and oxygen atoms in total. The molecule has 1 aliphatic rings. The Hall–Kier alpha value is -2.04. The minimum atomic E-state index is -0.0980. The number of halogens is 2. The number of anilines is 1. The monoisotopic (exact) mass is 345 g/mol. The molecule has 1 aliphatic carbocycles. The standard InChI is InChI=1S/C17H13Cl2N3O/c18-12-5-3-4-9(15(12)19)10-8-11(10)16(23)22-17-20-13-6-1-2-7-14(13)21-17/h1-7,10-11H,8H2,(H2,20,21,22,23). The van der Waals surface area contributed by atoms with E-state index in [0.717, 1.165) is 23.0 Å². The zero-order valence-corrected chi connectivity index (χ0v) is 13.5. The van der Waals surface area contributed by atoms with Gasteiger partial charge >= 0.3 is 0 Å². The molecule has 1 amide bonds. The number of amides is 1. The summed E-state index contributed by atoms with van der Waals surface area (Å²) in [5.74, 6) is 0.439. The number of H-pyrrole nitrogens is 1. The number of para-hydroxylation sites is 2. The zero-order valence-electron chi connectivity index (χ0n) is 12.0. The third kappa shape index (κ3) is 2.69. The number of hydrogen-bond acceptors (Lipinski definition) is 2. The maximum absolute atomic E-state index is 12.4. The fourth-order valence-electron chi connectivity index (χ4n) is 2.86. The van der Waals surface area contributed by atoms with Crippen molar-refractivity contribution in [2.45, 2.75) is 12.3 Å². The Morgan fingerprint density at radius 2 is 2.00 bits per heavy atom. The van der Waals surface area contributed by atoms with E-state index < -0.39 is 0 Å². The van der Waals surface area contributed by atoms with E-state index in [1.807, 2.05) is 36.4 Å². The molecule has 23 heavy (non-hydrogen) atoms. The molecule has 4 rings (SSSR count). The molecule has 0 aliphatic heterocycles. The summed E-state index contributed by atoms with van der Waals surface area (Å²) in [6.45, 7) is 0. The molecule has 6 heteroatoms. The van der Waals surface area contributed by atoms with E-state index in [9.17, 15) is 4.79 Å². The first-order chi connectivity index (χ1) is 11.1. The maximum Gasteiger partial charge on any atom is 0.230 e. The van der Waals surface area contributed by atoms with Gasteiger partial charge in [-0.1, -0.05) is 47.5 Å². The number of imidazole rings is 1. The average molecular weight is 346 g/mol. The summed E-state index contributed by atoms with van der Waals surface area (Å²) in [4.78, 5) is 19.8. The first-order valence-corrected chi connectivity index (χ1v) is 8.08.